The molecule has 0 bridgehead atoms. The van der Waals surface area contributed by atoms with Gasteiger partial charge in [0.25, 0.3) is 5.91 Å². The van der Waals surface area contributed by atoms with Crippen LogP contribution in [0.15, 0.2) is 18.3 Å². The molecule has 1 fully saturated rings. The number of rotatable bonds is 3. The summed E-state index contributed by atoms with van der Waals surface area (Å²) in [6.45, 7) is 2.29. The molecule has 1 aromatic heterocycles. The van der Waals surface area contributed by atoms with Crippen LogP contribution in [0.4, 0.5) is 5.69 Å². The Morgan fingerprint density at radius 1 is 1.37 bits per heavy atom. The molecule has 0 unspecified atom stereocenters. The van der Waals surface area contributed by atoms with Crippen molar-refractivity contribution in [1.29, 1.82) is 0 Å². The van der Waals surface area contributed by atoms with Gasteiger partial charge in [-0.3, -0.25) is 9.78 Å². The minimum Gasteiger partial charge on any atom is -0.388 e. The zero-order chi connectivity index (χ0) is 13.8. The Balaban J connectivity index is 2.05. The van der Waals surface area contributed by atoms with E-state index in [4.69, 9.17) is 0 Å². The molecule has 0 saturated heterocycles. The highest BCUT2D eigenvalue weighted by Crippen LogP contribution is 2.27. The standard InChI is InChI=1S/C15H23N3O/c1-11-4-6-13(7-5-11)18(3)15(19)14-10-12(16-2)8-9-17-14/h8-11,13H,4-7H2,1-3H3,(H,16,17). The minimum atomic E-state index is 0.0247. The molecule has 0 spiro atoms. The molecule has 1 aliphatic carbocycles. The van der Waals surface area contributed by atoms with E-state index in [0.29, 0.717) is 11.7 Å². The first-order valence-electron chi connectivity index (χ1n) is 7.02. The molecule has 1 amide bonds. The van der Waals surface area contributed by atoms with Gasteiger partial charge in [-0.1, -0.05) is 6.92 Å². The van der Waals surface area contributed by atoms with Gasteiger partial charge in [-0.25, -0.2) is 0 Å². The third-order valence-corrected chi connectivity index (χ3v) is 4.12. The summed E-state index contributed by atoms with van der Waals surface area (Å²) >= 11 is 0. The first-order valence-corrected chi connectivity index (χ1v) is 7.02. The lowest BCUT2D eigenvalue weighted by Gasteiger charge is -2.33. The van der Waals surface area contributed by atoms with E-state index < -0.39 is 0 Å². The summed E-state index contributed by atoms with van der Waals surface area (Å²) in [6.07, 6.45) is 6.32. The van der Waals surface area contributed by atoms with E-state index in [-0.39, 0.29) is 5.91 Å². The van der Waals surface area contributed by atoms with Gasteiger partial charge in [-0.05, 0) is 43.7 Å². The molecule has 0 radical (unpaired) electrons. The average molecular weight is 261 g/mol. The van der Waals surface area contributed by atoms with Crippen LogP contribution in [0.1, 0.15) is 43.1 Å². The molecule has 1 N–H and O–H groups in total. The highest BCUT2D eigenvalue weighted by atomic mass is 16.2. The molecule has 1 aliphatic rings. The molecule has 1 saturated carbocycles. The summed E-state index contributed by atoms with van der Waals surface area (Å²) < 4.78 is 0. The highest BCUT2D eigenvalue weighted by Gasteiger charge is 2.26. The third-order valence-electron chi connectivity index (χ3n) is 4.12. The van der Waals surface area contributed by atoms with Crippen molar-refractivity contribution in [3.8, 4) is 0 Å². The molecule has 4 heteroatoms. The van der Waals surface area contributed by atoms with E-state index in [1.165, 1.54) is 12.8 Å². The van der Waals surface area contributed by atoms with Crippen LogP contribution in [-0.4, -0.2) is 35.9 Å². The van der Waals surface area contributed by atoms with E-state index in [9.17, 15) is 4.79 Å². The maximum Gasteiger partial charge on any atom is 0.272 e. The lowest BCUT2D eigenvalue weighted by atomic mass is 9.86. The lowest BCUT2D eigenvalue weighted by molar-refractivity contribution is 0.0673. The first kappa shape index (κ1) is 13.8. The molecule has 104 valence electrons. The largest absolute Gasteiger partial charge is 0.388 e. The van der Waals surface area contributed by atoms with Crippen molar-refractivity contribution in [2.45, 2.75) is 38.6 Å². The summed E-state index contributed by atoms with van der Waals surface area (Å²) in [4.78, 5) is 18.5. The number of nitrogens with zero attached hydrogens (tertiary/aromatic N) is 2. The van der Waals surface area contributed by atoms with E-state index in [0.717, 1.165) is 24.4 Å². The van der Waals surface area contributed by atoms with E-state index in [2.05, 4.69) is 17.2 Å². The highest BCUT2D eigenvalue weighted by molar-refractivity contribution is 5.93. The molecular formula is C15H23N3O. The smallest absolute Gasteiger partial charge is 0.272 e. The summed E-state index contributed by atoms with van der Waals surface area (Å²) in [5, 5.41) is 3.04. The molecule has 2 rings (SSSR count). The fourth-order valence-corrected chi connectivity index (χ4v) is 2.68. The zero-order valence-corrected chi connectivity index (χ0v) is 12.0. The molecule has 0 aliphatic heterocycles. The maximum absolute atomic E-state index is 12.4. The predicted molar refractivity (Wildman–Crippen MR) is 77.3 cm³/mol. The summed E-state index contributed by atoms with van der Waals surface area (Å²) in [5.74, 6) is 0.821. The summed E-state index contributed by atoms with van der Waals surface area (Å²) in [5.41, 5.74) is 1.44. The van der Waals surface area contributed by atoms with Gasteiger partial charge in [-0.15, -0.1) is 0 Å². The quantitative estimate of drug-likeness (QED) is 0.910. The second-order valence-electron chi connectivity index (χ2n) is 5.51. The summed E-state index contributed by atoms with van der Waals surface area (Å²) in [7, 11) is 3.74. The molecule has 1 aromatic rings. The first-order chi connectivity index (χ1) is 9.11. The number of hydrogen-bond donors (Lipinski definition) is 1. The van der Waals surface area contributed by atoms with Gasteiger partial charge in [0.1, 0.15) is 5.69 Å². The Morgan fingerprint density at radius 2 is 2.05 bits per heavy atom. The van der Waals surface area contributed by atoms with Gasteiger partial charge in [0.2, 0.25) is 0 Å². The van der Waals surface area contributed by atoms with Crippen molar-refractivity contribution in [2.75, 3.05) is 19.4 Å². The Labute approximate surface area is 115 Å². The van der Waals surface area contributed by atoms with E-state index in [1.807, 2.05) is 31.1 Å². The topological polar surface area (TPSA) is 45.2 Å². The average Bonchev–Trinajstić information content (AvgIpc) is 2.46. The second kappa shape index (κ2) is 6.04. The Hall–Kier alpha value is -1.58. The van der Waals surface area contributed by atoms with Gasteiger partial charge in [-0.2, -0.15) is 0 Å². The number of pyridine rings is 1. The van der Waals surface area contributed by atoms with Gasteiger partial charge < -0.3 is 10.2 Å². The number of nitrogens with one attached hydrogen (secondary N) is 1. The molecule has 0 aromatic carbocycles. The maximum atomic E-state index is 12.4. The number of amides is 1. The third kappa shape index (κ3) is 3.25. The number of carbonyl (C=O) groups is 1. The molecule has 0 atom stereocenters. The van der Waals surface area contributed by atoms with Gasteiger partial charge in [0.05, 0.1) is 0 Å². The number of aromatic nitrogens is 1. The van der Waals surface area contributed by atoms with Crippen LogP contribution in [0.2, 0.25) is 0 Å². The Morgan fingerprint density at radius 3 is 2.68 bits per heavy atom. The predicted octanol–water partition coefficient (Wildman–Crippen LogP) is 2.77. The van der Waals surface area contributed by atoms with Crippen molar-refractivity contribution in [1.82, 2.24) is 9.88 Å². The van der Waals surface area contributed by atoms with Crippen molar-refractivity contribution in [3.05, 3.63) is 24.0 Å². The zero-order valence-electron chi connectivity index (χ0n) is 12.0. The van der Waals surface area contributed by atoms with Crippen molar-refractivity contribution in [2.24, 2.45) is 5.92 Å². The molecule has 4 nitrogen and oxygen atoms in total. The second-order valence-corrected chi connectivity index (χ2v) is 5.51. The summed E-state index contributed by atoms with van der Waals surface area (Å²) in [6, 6.07) is 4.03. The van der Waals surface area contributed by atoms with Crippen LogP contribution in [0, 0.1) is 5.92 Å². The number of anilines is 1. The van der Waals surface area contributed by atoms with Gasteiger partial charge in [0, 0.05) is 32.0 Å². The van der Waals surface area contributed by atoms with Crippen LogP contribution in [0.3, 0.4) is 0 Å². The van der Waals surface area contributed by atoms with Crippen LogP contribution < -0.4 is 5.32 Å². The van der Waals surface area contributed by atoms with Crippen LogP contribution in [-0.2, 0) is 0 Å². The van der Waals surface area contributed by atoms with Crippen LogP contribution >= 0.6 is 0 Å². The van der Waals surface area contributed by atoms with Gasteiger partial charge in [0.15, 0.2) is 0 Å². The minimum absolute atomic E-state index is 0.0247. The fourth-order valence-electron chi connectivity index (χ4n) is 2.68. The van der Waals surface area contributed by atoms with Crippen LogP contribution in [0.25, 0.3) is 0 Å². The number of carbonyl (C=O) groups excluding carboxylic acids is 1. The molecule has 19 heavy (non-hydrogen) atoms. The van der Waals surface area contributed by atoms with Crippen molar-refractivity contribution < 1.29 is 4.79 Å². The molecule has 1 heterocycles. The van der Waals surface area contributed by atoms with Gasteiger partial charge >= 0.3 is 0 Å². The van der Waals surface area contributed by atoms with Crippen molar-refractivity contribution in [3.63, 3.8) is 0 Å². The Kier molecular flexibility index (Phi) is 4.40. The monoisotopic (exact) mass is 261 g/mol. The van der Waals surface area contributed by atoms with Crippen molar-refractivity contribution >= 4 is 11.6 Å². The van der Waals surface area contributed by atoms with Crippen LogP contribution in [0.5, 0.6) is 0 Å². The number of hydrogen-bond acceptors (Lipinski definition) is 3. The fraction of sp³-hybridized carbons (Fsp3) is 0.600. The van der Waals surface area contributed by atoms with E-state index in [1.54, 1.807) is 6.20 Å². The lowest BCUT2D eigenvalue weighted by Crippen LogP contribution is -2.39. The van der Waals surface area contributed by atoms with E-state index >= 15 is 0 Å². The molecular weight excluding hydrogens is 238 g/mol. The Bertz CT molecular complexity index is 439. The SMILES string of the molecule is CNc1ccnc(C(=O)N(C)C2CCC(C)CC2)c1. The normalized spacial score (nSPS) is 22.9.